The van der Waals surface area contributed by atoms with Crippen LogP contribution in [-0.4, -0.2) is 66.3 Å². The summed E-state index contributed by atoms with van der Waals surface area (Å²) in [4.78, 5) is 51.1. The van der Waals surface area contributed by atoms with Crippen molar-refractivity contribution in [1.29, 1.82) is 0 Å². The molecule has 1 aromatic rings. The lowest BCUT2D eigenvalue weighted by Gasteiger charge is -2.43. The van der Waals surface area contributed by atoms with Gasteiger partial charge >= 0.3 is 23.9 Å². The number of carbonyl (C=O) groups is 4. The van der Waals surface area contributed by atoms with Crippen LogP contribution < -0.4 is 0 Å². The molecule has 1 aliphatic heterocycles. The van der Waals surface area contributed by atoms with Crippen LogP contribution in [0.2, 0.25) is 5.02 Å². The predicted molar refractivity (Wildman–Crippen MR) is 141 cm³/mol. The van der Waals surface area contributed by atoms with Crippen molar-refractivity contribution in [2.24, 2.45) is 16.2 Å². The lowest BCUT2D eigenvalue weighted by molar-refractivity contribution is -0.295. The molecule has 5 atom stereocenters. The molecule has 1 saturated heterocycles. The Bertz CT molecular complexity index is 1060. The number of hydrogen-bond acceptors (Lipinski definition) is 10. The first kappa shape index (κ1) is 32.5. The standard InChI is InChI=1S/C28H39ClO10/c1-26(2,3)23(32)35-14-17-19(37-24(33)27(4,5)6)20(38-25(34)28(7,8)9)18(30)22(36-17)39-21(31)15-11-10-12-16(29)13-15/h10-13,17-20,22,30H,14H2,1-9H3/t17-,18-,19+,20-,22-/m1/s1. The van der Waals surface area contributed by atoms with E-state index >= 15 is 0 Å². The smallest absolute Gasteiger partial charge is 0.340 e. The van der Waals surface area contributed by atoms with Gasteiger partial charge in [-0.15, -0.1) is 0 Å². The molecule has 11 heteroatoms. The van der Waals surface area contributed by atoms with Crippen LogP contribution in [0.25, 0.3) is 0 Å². The third-order valence-corrected chi connectivity index (χ3v) is 5.84. The number of rotatable bonds is 6. The minimum absolute atomic E-state index is 0.0820. The van der Waals surface area contributed by atoms with Gasteiger partial charge < -0.3 is 28.8 Å². The Labute approximate surface area is 234 Å². The molecule has 0 spiro atoms. The maximum atomic E-state index is 12.9. The summed E-state index contributed by atoms with van der Waals surface area (Å²) in [5.41, 5.74) is -2.73. The number of benzene rings is 1. The van der Waals surface area contributed by atoms with Crippen LogP contribution in [0.1, 0.15) is 72.7 Å². The molecule has 39 heavy (non-hydrogen) atoms. The van der Waals surface area contributed by atoms with Gasteiger partial charge in [-0.1, -0.05) is 17.7 Å². The monoisotopic (exact) mass is 570 g/mol. The number of aliphatic hydroxyl groups excluding tert-OH is 1. The second kappa shape index (κ2) is 12.2. The minimum Gasteiger partial charge on any atom is -0.462 e. The summed E-state index contributed by atoms with van der Waals surface area (Å²) in [7, 11) is 0. The first-order valence-corrected chi connectivity index (χ1v) is 13.0. The van der Waals surface area contributed by atoms with Gasteiger partial charge in [-0.05, 0) is 80.5 Å². The lowest BCUT2D eigenvalue weighted by Crippen LogP contribution is -2.63. The number of hydrogen-bond donors (Lipinski definition) is 1. The highest BCUT2D eigenvalue weighted by atomic mass is 35.5. The summed E-state index contributed by atoms with van der Waals surface area (Å²) >= 11 is 5.98. The second-order valence-electron chi connectivity index (χ2n) is 12.5. The molecule has 10 nitrogen and oxygen atoms in total. The zero-order valence-corrected chi connectivity index (χ0v) is 24.7. The van der Waals surface area contributed by atoms with E-state index in [1.807, 2.05) is 0 Å². The van der Waals surface area contributed by atoms with Gasteiger partial charge in [-0.3, -0.25) is 14.4 Å². The van der Waals surface area contributed by atoms with Crippen molar-refractivity contribution in [2.45, 2.75) is 93.0 Å². The summed E-state index contributed by atoms with van der Waals surface area (Å²) < 4.78 is 28.0. The average Bonchev–Trinajstić information content (AvgIpc) is 2.79. The molecule has 1 aliphatic rings. The summed E-state index contributed by atoms with van der Waals surface area (Å²) in [5.74, 6) is -2.84. The highest BCUT2D eigenvalue weighted by Crippen LogP contribution is 2.32. The van der Waals surface area contributed by atoms with Crippen molar-refractivity contribution < 1.29 is 48.0 Å². The molecule has 0 aliphatic carbocycles. The summed E-state index contributed by atoms with van der Waals surface area (Å²) in [6.45, 7) is 14.2. The lowest BCUT2D eigenvalue weighted by atomic mass is 9.93. The predicted octanol–water partition coefficient (Wildman–Crippen LogP) is 4.09. The molecular weight excluding hydrogens is 532 g/mol. The Kier molecular flexibility index (Phi) is 10.2. The van der Waals surface area contributed by atoms with Gasteiger partial charge in [0.25, 0.3) is 0 Å². The van der Waals surface area contributed by atoms with Crippen LogP contribution in [-0.2, 0) is 38.1 Å². The van der Waals surface area contributed by atoms with Crippen molar-refractivity contribution in [3.8, 4) is 0 Å². The third kappa shape index (κ3) is 8.91. The molecule has 1 N–H and O–H groups in total. The third-order valence-electron chi connectivity index (χ3n) is 5.60. The molecule has 0 radical (unpaired) electrons. The molecule has 1 fully saturated rings. The highest BCUT2D eigenvalue weighted by molar-refractivity contribution is 6.30. The van der Waals surface area contributed by atoms with E-state index in [9.17, 15) is 24.3 Å². The molecule has 1 aromatic carbocycles. The molecule has 0 amide bonds. The molecule has 0 aromatic heterocycles. The fraction of sp³-hybridized carbons (Fsp3) is 0.643. The maximum Gasteiger partial charge on any atom is 0.340 e. The Morgan fingerprint density at radius 1 is 0.821 bits per heavy atom. The van der Waals surface area contributed by atoms with E-state index in [-0.39, 0.29) is 10.6 Å². The number of aliphatic hydroxyl groups is 1. The molecule has 2 rings (SSSR count). The zero-order chi connectivity index (χ0) is 29.9. The normalized spacial score (nSPS) is 23.9. The van der Waals surface area contributed by atoms with Crippen molar-refractivity contribution in [2.75, 3.05) is 6.61 Å². The van der Waals surface area contributed by atoms with Crippen molar-refractivity contribution in [1.82, 2.24) is 0 Å². The molecule has 1 heterocycles. The quantitative estimate of drug-likeness (QED) is 0.393. The summed E-state index contributed by atoms with van der Waals surface area (Å²) in [6.07, 6.45) is -7.61. The average molecular weight is 571 g/mol. The first-order valence-electron chi connectivity index (χ1n) is 12.6. The Balaban J connectivity index is 2.47. The number of halogens is 1. The number of carbonyl (C=O) groups excluding carboxylic acids is 4. The second-order valence-corrected chi connectivity index (χ2v) is 13.0. The van der Waals surface area contributed by atoms with E-state index in [0.717, 1.165) is 0 Å². The van der Waals surface area contributed by atoms with E-state index in [4.69, 9.17) is 35.3 Å². The largest absolute Gasteiger partial charge is 0.462 e. The molecule has 0 unspecified atom stereocenters. The van der Waals surface area contributed by atoms with E-state index in [1.54, 1.807) is 74.4 Å². The maximum absolute atomic E-state index is 12.9. The van der Waals surface area contributed by atoms with Crippen LogP contribution in [0.15, 0.2) is 24.3 Å². The fourth-order valence-electron chi connectivity index (χ4n) is 3.17. The van der Waals surface area contributed by atoms with Crippen molar-refractivity contribution in [3.63, 3.8) is 0 Å². The summed E-state index contributed by atoms with van der Waals surface area (Å²) in [6, 6.07) is 5.94. The van der Waals surface area contributed by atoms with E-state index < -0.39 is 77.4 Å². The van der Waals surface area contributed by atoms with E-state index in [0.29, 0.717) is 0 Å². The van der Waals surface area contributed by atoms with Gasteiger partial charge in [0.2, 0.25) is 6.29 Å². The van der Waals surface area contributed by atoms with Gasteiger partial charge in [0, 0.05) is 5.02 Å². The SMILES string of the molecule is CC(C)(C)C(=O)OC[C@H]1O[C@H](OC(=O)c2cccc(Cl)c2)[C@H](O)[C@@H](OC(=O)C(C)(C)C)[C@H]1OC(=O)C(C)(C)C. The Morgan fingerprint density at radius 2 is 1.33 bits per heavy atom. The van der Waals surface area contributed by atoms with Crippen LogP contribution in [0.3, 0.4) is 0 Å². The first-order chi connectivity index (χ1) is 17.7. The molecular formula is C28H39ClO10. The molecule has 0 bridgehead atoms. The fourth-order valence-corrected chi connectivity index (χ4v) is 3.36. The van der Waals surface area contributed by atoms with E-state index in [1.165, 1.54) is 12.1 Å². The van der Waals surface area contributed by atoms with E-state index in [2.05, 4.69) is 0 Å². The van der Waals surface area contributed by atoms with Crippen molar-refractivity contribution in [3.05, 3.63) is 34.9 Å². The van der Waals surface area contributed by atoms with Gasteiger partial charge in [-0.2, -0.15) is 0 Å². The summed E-state index contributed by atoms with van der Waals surface area (Å²) in [5, 5.41) is 11.5. The highest BCUT2D eigenvalue weighted by Gasteiger charge is 2.53. The van der Waals surface area contributed by atoms with Crippen LogP contribution in [0.5, 0.6) is 0 Å². The van der Waals surface area contributed by atoms with Crippen molar-refractivity contribution >= 4 is 35.5 Å². The number of esters is 4. The topological polar surface area (TPSA) is 135 Å². The minimum atomic E-state index is -1.76. The zero-order valence-electron chi connectivity index (χ0n) is 23.9. The Hall–Kier alpha value is -2.69. The van der Waals surface area contributed by atoms with Crippen LogP contribution in [0.4, 0.5) is 0 Å². The molecule has 0 saturated carbocycles. The van der Waals surface area contributed by atoms with Crippen LogP contribution in [0, 0.1) is 16.2 Å². The molecule has 218 valence electrons. The number of ether oxygens (including phenoxy) is 5. The Morgan fingerprint density at radius 3 is 1.82 bits per heavy atom. The van der Waals surface area contributed by atoms with Gasteiger partial charge in [-0.25, -0.2) is 4.79 Å². The van der Waals surface area contributed by atoms with Gasteiger partial charge in [0.05, 0.1) is 21.8 Å². The van der Waals surface area contributed by atoms with Gasteiger partial charge in [0.15, 0.2) is 18.3 Å². The van der Waals surface area contributed by atoms with Crippen LogP contribution >= 0.6 is 11.6 Å². The van der Waals surface area contributed by atoms with Gasteiger partial charge in [0.1, 0.15) is 12.7 Å².